The highest BCUT2D eigenvalue weighted by Gasteiger charge is 2.10. The lowest BCUT2D eigenvalue weighted by Gasteiger charge is -2.11. The number of hydrazine groups is 1. The summed E-state index contributed by atoms with van der Waals surface area (Å²) in [4.78, 5) is 9.75. The molecule has 124 valence electrons. The van der Waals surface area contributed by atoms with Gasteiger partial charge < -0.3 is 10.4 Å². The van der Waals surface area contributed by atoms with Crippen molar-refractivity contribution in [2.24, 2.45) is 0 Å². The molecule has 0 radical (unpaired) electrons. The lowest BCUT2D eigenvalue weighted by atomic mass is 10.2. The lowest BCUT2D eigenvalue weighted by molar-refractivity contribution is 0.289. The van der Waals surface area contributed by atoms with E-state index in [1.165, 1.54) is 6.33 Å². The Morgan fingerprint density at radius 3 is 2.83 bits per heavy atom. The van der Waals surface area contributed by atoms with E-state index in [0.29, 0.717) is 23.9 Å². The number of anilines is 1. The molecule has 0 aliphatic rings. The van der Waals surface area contributed by atoms with Crippen LogP contribution in [0.3, 0.4) is 0 Å². The zero-order valence-electron chi connectivity index (χ0n) is 12.8. The van der Waals surface area contributed by atoms with E-state index in [1.54, 1.807) is 11.3 Å². The molecule has 0 atom stereocenters. The average Bonchev–Trinajstić information content (AvgIpc) is 3.06. The molecular formula is C16H17N5OS2. The Morgan fingerprint density at radius 2 is 2.04 bits per heavy atom. The van der Waals surface area contributed by atoms with Crippen molar-refractivity contribution in [1.29, 1.82) is 0 Å². The van der Waals surface area contributed by atoms with Gasteiger partial charge in [0.2, 0.25) is 0 Å². The first-order valence-corrected chi connectivity index (χ1v) is 8.71. The van der Waals surface area contributed by atoms with Crippen molar-refractivity contribution in [3.05, 3.63) is 42.7 Å². The Hall–Kier alpha value is -2.29. The molecule has 1 aromatic carbocycles. The fourth-order valence-electron chi connectivity index (χ4n) is 2.13. The molecule has 0 bridgehead atoms. The summed E-state index contributed by atoms with van der Waals surface area (Å²) < 4.78 is 0.960. The molecule has 0 aliphatic heterocycles. The van der Waals surface area contributed by atoms with Crippen LogP contribution in [0, 0.1) is 0 Å². The summed E-state index contributed by atoms with van der Waals surface area (Å²) in [6.07, 6.45) is 2.17. The highest BCUT2D eigenvalue weighted by molar-refractivity contribution is 7.80. The summed E-state index contributed by atoms with van der Waals surface area (Å²) >= 11 is 6.79. The number of thiocarbonyl (C=S) groups is 1. The molecule has 6 nitrogen and oxygen atoms in total. The van der Waals surface area contributed by atoms with Gasteiger partial charge in [-0.1, -0.05) is 30.3 Å². The lowest BCUT2D eigenvalue weighted by Crippen LogP contribution is -2.39. The van der Waals surface area contributed by atoms with Crippen molar-refractivity contribution in [2.75, 3.05) is 18.6 Å². The first kappa shape index (κ1) is 16.6. The number of hydrogen-bond donors (Lipinski definition) is 4. The van der Waals surface area contributed by atoms with E-state index in [0.717, 1.165) is 20.7 Å². The van der Waals surface area contributed by atoms with Gasteiger partial charge in [0, 0.05) is 18.0 Å². The number of thiophene rings is 1. The second-order valence-corrected chi connectivity index (χ2v) is 6.46. The predicted octanol–water partition coefficient (Wildman–Crippen LogP) is 2.53. The highest BCUT2D eigenvalue weighted by Crippen LogP contribution is 2.35. The molecule has 0 saturated carbocycles. The zero-order chi connectivity index (χ0) is 16.8. The predicted molar refractivity (Wildman–Crippen MR) is 102 cm³/mol. The van der Waals surface area contributed by atoms with Crippen LogP contribution in [0.1, 0.15) is 6.42 Å². The molecule has 2 heterocycles. The number of aromatic nitrogens is 2. The fourth-order valence-corrected chi connectivity index (χ4v) is 3.34. The van der Waals surface area contributed by atoms with E-state index in [1.807, 2.05) is 18.2 Å². The molecule has 24 heavy (non-hydrogen) atoms. The monoisotopic (exact) mass is 359 g/mol. The molecule has 0 saturated heterocycles. The highest BCUT2D eigenvalue weighted by atomic mass is 32.1. The van der Waals surface area contributed by atoms with Crippen LogP contribution in [0.5, 0.6) is 0 Å². The number of rotatable bonds is 6. The van der Waals surface area contributed by atoms with Gasteiger partial charge in [-0.05, 0) is 30.3 Å². The number of fused-ring (bicyclic) bond motifs is 1. The van der Waals surface area contributed by atoms with Gasteiger partial charge >= 0.3 is 0 Å². The third kappa shape index (κ3) is 3.97. The van der Waals surface area contributed by atoms with Crippen molar-refractivity contribution in [3.8, 4) is 10.4 Å². The molecule has 0 spiro atoms. The normalized spacial score (nSPS) is 10.5. The van der Waals surface area contributed by atoms with Crippen molar-refractivity contribution >= 4 is 44.7 Å². The van der Waals surface area contributed by atoms with E-state index < -0.39 is 0 Å². The minimum Gasteiger partial charge on any atom is -0.396 e. The quantitative estimate of drug-likeness (QED) is 0.306. The Kier molecular flexibility index (Phi) is 5.52. The first-order valence-electron chi connectivity index (χ1n) is 7.48. The van der Waals surface area contributed by atoms with E-state index in [-0.39, 0.29) is 6.61 Å². The van der Waals surface area contributed by atoms with Crippen molar-refractivity contribution in [1.82, 2.24) is 20.7 Å². The molecule has 0 fully saturated rings. The van der Waals surface area contributed by atoms with Gasteiger partial charge in [-0.15, -0.1) is 11.3 Å². The molecular weight excluding hydrogens is 342 g/mol. The first-order chi connectivity index (χ1) is 11.8. The molecule has 0 aliphatic carbocycles. The van der Waals surface area contributed by atoms with E-state index in [9.17, 15) is 0 Å². The van der Waals surface area contributed by atoms with Crippen LogP contribution in [-0.4, -0.2) is 33.3 Å². The number of nitrogens with zero attached hydrogens (tertiary/aromatic N) is 2. The number of hydrogen-bond acceptors (Lipinski definition) is 6. The Balaban J connectivity index is 1.74. The molecule has 0 amide bonds. The van der Waals surface area contributed by atoms with Crippen LogP contribution in [0.4, 0.5) is 5.82 Å². The maximum Gasteiger partial charge on any atom is 0.185 e. The maximum atomic E-state index is 8.77. The third-order valence-electron chi connectivity index (χ3n) is 3.28. The minimum atomic E-state index is 0.132. The average molecular weight is 359 g/mol. The number of nitrogens with one attached hydrogen (secondary N) is 3. The standard InChI is InChI=1S/C16H17N5OS2/c22-8-4-7-17-16(23)21-20-15-14-12(18-10-19-15)9-13(24-14)11-5-2-1-3-6-11/h1-3,5-6,9-10,22H,4,7-8H2,(H2,17,21,23)(H,18,19,20). The van der Waals surface area contributed by atoms with E-state index in [2.05, 4.69) is 44.3 Å². The van der Waals surface area contributed by atoms with Gasteiger partial charge in [-0.25, -0.2) is 9.97 Å². The second kappa shape index (κ2) is 8.00. The van der Waals surface area contributed by atoms with Crippen LogP contribution in [0.15, 0.2) is 42.7 Å². The van der Waals surface area contributed by atoms with Gasteiger partial charge in [0.15, 0.2) is 10.9 Å². The Morgan fingerprint density at radius 1 is 1.21 bits per heavy atom. The van der Waals surface area contributed by atoms with E-state index in [4.69, 9.17) is 17.3 Å². The molecule has 0 unspecified atom stereocenters. The molecule has 3 aromatic rings. The van der Waals surface area contributed by atoms with Gasteiger partial charge in [-0.2, -0.15) is 0 Å². The smallest absolute Gasteiger partial charge is 0.185 e. The summed E-state index contributed by atoms with van der Waals surface area (Å²) in [5.74, 6) is 0.679. The van der Waals surface area contributed by atoms with Gasteiger partial charge in [-0.3, -0.25) is 10.9 Å². The molecule has 3 rings (SSSR count). The molecule has 4 N–H and O–H groups in total. The van der Waals surface area contributed by atoms with Gasteiger partial charge in [0.05, 0.1) is 10.2 Å². The number of benzene rings is 1. The van der Waals surface area contributed by atoms with Crippen LogP contribution < -0.4 is 16.2 Å². The largest absolute Gasteiger partial charge is 0.396 e. The fraction of sp³-hybridized carbons (Fsp3) is 0.188. The number of aliphatic hydroxyl groups excluding tert-OH is 1. The maximum absolute atomic E-state index is 8.77. The van der Waals surface area contributed by atoms with Crippen LogP contribution in [0.25, 0.3) is 20.7 Å². The summed E-state index contributed by atoms with van der Waals surface area (Å²) in [6, 6.07) is 12.2. The van der Waals surface area contributed by atoms with E-state index >= 15 is 0 Å². The molecule has 2 aromatic heterocycles. The summed E-state index contributed by atoms with van der Waals surface area (Å²) in [5.41, 5.74) is 7.97. The van der Waals surface area contributed by atoms with Crippen molar-refractivity contribution < 1.29 is 5.11 Å². The minimum absolute atomic E-state index is 0.132. The summed E-state index contributed by atoms with van der Waals surface area (Å²) in [5, 5.41) is 12.2. The third-order valence-corrected chi connectivity index (χ3v) is 4.71. The van der Waals surface area contributed by atoms with Crippen molar-refractivity contribution in [3.63, 3.8) is 0 Å². The van der Waals surface area contributed by atoms with Crippen LogP contribution in [-0.2, 0) is 0 Å². The summed E-state index contributed by atoms with van der Waals surface area (Å²) in [6.45, 7) is 0.743. The Labute approximate surface area is 148 Å². The molecule has 8 heteroatoms. The van der Waals surface area contributed by atoms with Gasteiger partial charge in [0.25, 0.3) is 0 Å². The van der Waals surface area contributed by atoms with Crippen LogP contribution in [0.2, 0.25) is 0 Å². The van der Waals surface area contributed by atoms with Crippen molar-refractivity contribution in [2.45, 2.75) is 6.42 Å². The van der Waals surface area contributed by atoms with Gasteiger partial charge in [0.1, 0.15) is 6.33 Å². The Bertz CT molecular complexity index is 822. The topological polar surface area (TPSA) is 82.1 Å². The zero-order valence-corrected chi connectivity index (χ0v) is 14.5. The second-order valence-electron chi connectivity index (χ2n) is 5.00. The number of aliphatic hydroxyl groups is 1. The van der Waals surface area contributed by atoms with Crippen LogP contribution >= 0.6 is 23.6 Å². The summed E-state index contributed by atoms with van der Waals surface area (Å²) in [7, 11) is 0. The SMILES string of the molecule is OCCCNC(=S)NNc1ncnc2cc(-c3ccccc3)sc12.